The van der Waals surface area contributed by atoms with Crippen LogP contribution in [0.5, 0.6) is 0 Å². The topological polar surface area (TPSA) is 3.24 Å². The van der Waals surface area contributed by atoms with Gasteiger partial charge in [-0.05, 0) is 80.6 Å². The third kappa shape index (κ3) is 6.46. The summed E-state index contributed by atoms with van der Waals surface area (Å²) in [6.07, 6.45) is 6.54. The summed E-state index contributed by atoms with van der Waals surface area (Å²) in [7, 11) is 0. The van der Waals surface area contributed by atoms with Crippen LogP contribution in [-0.2, 0) is 12.8 Å². The Kier molecular flexibility index (Phi) is 7.89. The fraction of sp³-hybridized carbons (Fsp3) is 0.520. The minimum absolute atomic E-state index is 0.437. The van der Waals surface area contributed by atoms with Gasteiger partial charge >= 0.3 is 0 Å². The Hall–Kier alpha value is -1.67. The molecule has 146 valence electrons. The van der Waals surface area contributed by atoms with E-state index in [-0.39, 0.29) is 0 Å². The summed E-state index contributed by atoms with van der Waals surface area (Å²) in [5, 5.41) is 0. The minimum Gasteiger partial charge on any atom is -0.303 e. The first-order valence-corrected chi connectivity index (χ1v) is 10.7. The molecule has 1 fully saturated rings. The zero-order valence-electron chi connectivity index (χ0n) is 16.7. The molecule has 2 unspecified atom stereocenters. The van der Waals surface area contributed by atoms with Crippen LogP contribution in [0.3, 0.4) is 0 Å². The van der Waals surface area contributed by atoms with Crippen LogP contribution in [0.2, 0.25) is 0 Å². The van der Waals surface area contributed by atoms with E-state index in [0.717, 1.165) is 38.8 Å². The normalized spacial score (nSPS) is 19.7. The molecule has 0 bridgehead atoms. The van der Waals surface area contributed by atoms with E-state index < -0.39 is 6.17 Å². The second kappa shape index (κ2) is 10.6. The average Bonchev–Trinajstić information content (AvgIpc) is 3.14. The van der Waals surface area contributed by atoms with E-state index in [1.165, 1.54) is 36.1 Å². The summed E-state index contributed by atoms with van der Waals surface area (Å²) in [5.74, 6) is 0.437. The Bertz CT molecular complexity index is 652. The maximum absolute atomic E-state index is 13.4. The summed E-state index contributed by atoms with van der Waals surface area (Å²) in [6, 6.07) is 19.8. The van der Waals surface area contributed by atoms with E-state index in [1.807, 2.05) is 0 Å². The molecule has 0 radical (unpaired) electrons. The minimum atomic E-state index is -0.588. The van der Waals surface area contributed by atoms with Gasteiger partial charge in [0, 0.05) is 6.54 Å². The summed E-state index contributed by atoms with van der Waals surface area (Å²) >= 11 is 0. The van der Waals surface area contributed by atoms with Crippen molar-refractivity contribution in [3.05, 3.63) is 71.3 Å². The number of halogens is 1. The third-order valence-corrected chi connectivity index (χ3v) is 5.86. The fourth-order valence-corrected chi connectivity index (χ4v) is 4.28. The molecule has 0 aliphatic heterocycles. The molecule has 0 spiro atoms. The lowest BCUT2D eigenvalue weighted by Gasteiger charge is -2.21. The molecule has 0 amide bonds. The first kappa shape index (κ1) is 20.1. The third-order valence-electron chi connectivity index (χ3n) is 5.86. The number of benzene rings is 2. The van der Waals surface area contributed by atoms with Crippen molar-refractivity contribution in [3.63, 3.8) is 0 Å². The molecule has 2 aromatic rings. The lowest BCUT2D eigenvalue weighted by atomic mass is 9.96. The molecule has 0 heterocycles. The highest BCUT2D eigenvalue weighted by molar-refractivity contribution is 5.26. The number of nitrogens with zero attached hydrogens (tertiary/aromatic N) is 1. The molecule has 27 heavy (non-hydrogen) atoms. The Morgan fingerprint density at radius 1 is 0.852 bits per heavy atom. The van der Waals surface area contributed by atoms with Gasteiger partial charge in [-0.25, -0.2) is 4.39 Å². The highest BCUT2D eigenvalue weighted by Crippen LogP contribution is 2.36. The second-order valence-corrected chi connectivity index (χ2v) is 8.03. The number of hydrogen-bond acceptors (Lipinski definition) is 1. The average molecular weight is 368 g/mol. The van der Waals surface area contributed by atoms with Crippen LogP contribution >= 0.6 is 0 Å². The SMILES string of the molecule is CCCN(CCCc1ccc(C2CCC(F)C2)cc1)CCc1ccccc1. The highest BCUT2D eigenvalue weighted by Gasteiger charge is 2.25. The molecule has 0 N–H and O–H groups in total. The summed E-state index contributed by atoms with van der Waals surface area (Å²) in [6.45, 7) is 5.74. The maximum Gasteiger partial charge on any atom is 0.101 e. The fourth-order valence-electron chi connectivity index (χ4n) is 4.28. The highest BCUT2D eigenvalue weighted by atomic mass is 19.1. The van der Waals surface area contributed by atoms with Crippen molar-refractivity contribution in [2.24, 2.45) is 0 Å². The van der Waals surface area contributed by atoms with Crippen molar-refractivity contribution in [2.45, 2.75) is 64.0 Å². The van der Waals surface area contributed by atoms with Gasteiger partial charge in [-0.1, -0.05) is 61.5 Å². The standard InChI is InChI=1S/C25H34FN/c1-2-17-27(19-16-21-7-4-3-5-8-21)18-6-9-22-10-12-23(13-11-22)24-14-15-25(26)20-24/h3-5,7-8,10-13,24-25H,2,6,9,14-20H2,1H3. The van der Waals surface area contributed by atoms with E-state index in [1.54, 1.807) is 0 Å². The zero-order valence-corrected chi connectivity index (χ0v) is 16.7. The van der Waals surface area contributed by atoms with Crippen LogP contribution < -0.4 is 0 Å². The van der Waals surface area contributed by atoms with Crippen molar-refractivity contribution < 1.29 is 4.39 Å². The van der Waals surface area contributed by atoms with Crippen molar-refractivity contribution in [1.82, 2.24) is 4.90 Å². The van der Waals surface area contributed by atoms with E-state index >= 15 is 0 Å². The number of aryl methyl sites for hydroxylation is 1. The Morgan fingerprint density at radius 3 is 2.26 bits per heavy atom. The van der Waals surface area contributed by atoms with Crippen LogP contribution in [0, 0.1) is 0 Å². The van der Waals surface area contributed by atoms with Gasteiger partial charge in [0.15, 0.2) is 0 Å². The molecular weight excluding hydrogens is 333 g/mol. The molecule has 1 nitrogen and oxygen atoms in total. The molecule has 1 saturated carbocycles. The first-order chi connectivity index (χ1) is 13.2. The van der Waals surface area contributed by atoms with Gasteiger partial charge in [-0.2, -0.15) is 0 Å². The molecule has 2 heteroatoms. The first-order valence-electron chi connectivity index (χ1n) is 10.7. The summed E-state index contributed by atoms with van der Waals surface area (Å²) in [4.78, 5) is 2.60. The zero-order chi connectivity index (χ0) is 18.9. The summed E-state index contributed by atoms with van der Waals surface area (Å²) in [5.41, 5.74) is 4.17. The Balaban J connectivity index is 1.42. The molecule has 0 aromatic heterocycles. The van der Waals surface area contributed by atoms with Gasteiger partial charge in [0.05, 0.1) is 0 Å². The Labute approximate surface area is 164 Å². The lowest BCUT2D eigenvalue weighted by Crippen LogP contribution is -2.28. The predicted molar refractivity (Wildman–Crippen MR) is 113 cm³/mol. The largest absolute Gasteiger partial charge is 0.303 e. The lowest BCUT2D eigenvalue weighted by molar-refractivity contribution is 0.274. The van der Waals surface area contributed by atoms with Gasteiger partial charge in [0.1, 0.15) is 6.17 Å². The molecule has 1 aliphatic carbocycles. The van der Waals surface area contributed by atoms with Gasteiger partial charge in [-0.15, -0.1) is 0 Å². The molecule has 1 aliphatic rings. The molecular formula is C25H34FN. The molecule has 3 rings (SSSR count). The van der Waals surface area contributed by atoms with Crippen LogP contribution in [0.15, 0.2) is 54.6 Å². The predicted octanol–water partition coefficient (Wildman–Crippen LogP) is 6.18. The van der Waals surface area contributed by atoms with Gasteiger partial charge in [-0.3, -0.25) is 0 Å². The maximum atomic E-state index is 13.4. The van der Waals surface area contributed by atoms with Gasteiger partial charge in [0.2, 0.25) is 0 Å². The van der Waals surface area contributed by atoms with E-state index in [9.17, 15) is 4.39 Å². The van der Waals surface area contributed by atoms with Gasteiger partial charge < -0.3 is 4.90 Å². The number of alkyl halides is 1. The monoisotopic (exact) mass is 367 g/mol. The van der Waals surface area contributed by atoms with E-state index in [4.69, 9.17) is 0 Å². The van der Waals surface area contributed by atoms with Crippen molar-refractivity contribution in [3.8, 4) is 0 Å². The molecule has 2 aromatic carbocycles. The van der Waals surface area contributed by atoms with Crippen LogP contribution in [0.4, 0.5) is 4.39 Å². The number of rotatable bonds is 10. The molecule has 2 atom stereocenters. The second-order valence-electron chi connectivity index (χ2n) is 8.03. The summed E-state index contributed by atoms with van der Waals surface area (Å²) < 4.78 is 13.4. The van der Waals surface area contributed by atoms with E-state index in [2.05, 4.69) is 66.4 Å². The smallest absolute Gasteiger partial charge is 0.101 e. The Morgan fingerprint density at radius 2 is 1.59 bits per heavy atom. The van der Waals surface area contributed by atoms with E-state index in [0.29, 0.717) is 12.3 Å². The van der Waals surface area contributed by atoms with Crippen LogP contribution in [0.25, 0.3) is 0 Å². The van der Waals surface area contributed by atoms with Crippen LogP contribution in [-0.4, -0.2) is 30.7 Å². The quantitative estimate of drug-likeness (QED) is 0.485. The number of hydrogen-bond donors (Lipinski definition) is 0. The molecule has 0 saturated heterocycles. The van der Waals surface area contributed by atoms with Crippen molar-refractivity contribution >= 4 is 0 Å². The van der Waals surface area contributed by atoms with Crippen molar-refractivity contribution in [1.29, 1.82) is 0 Å². The van der Waals surface area contributed by atoms with Crippen LogP contribution in [0.1, 0.15) is 61.6 Å². The van der Waals surface area contributed by atoms with Crippen molar-refractivity contribution in [2.75, 3.05) is 19.6 Å². The van der Waals surface area contributed by atoms with Gasteiger partial charge in [0.25, 0.3) is 0 Å².